The number of hydrogen-bond acceptors (Lipinski definition) is 3. The Morgan fingerprint density at radius 3 is 2.73 bits per heavy atom. The quantitative estimate of drug-likeness (QED) is 0.928. The highest BCUT2D eigenvalue weighted by atomic mass is 16.5. The van der Waals surface area contributed by atoms with Crippen LogP contribution in [0.4, 0.5) is 5.69 Å². The Hall–Kier alpha value is -1.55. The summed E-state index contributed by atoms with van der Waals surface area (Å²) in [5.41, 5.74) is 2.01. The van der Waals surface area contributed by atoms with E-state index in [1.54, 1.807) is 0 Å². The number of hydrogen-bond donors (Lipinski definition) is 1. The summed E-state index contributed by atoms with van der Waals surface area (Å²) < 4.78 is 5.85. The second-order valence-electron chi connectivity index (χ2n) is 7.06. The van der Waals surface area contributed by atoms with Crippen molar-refractivity contribution >= 4 is 11.6 Å². The number of para-hydroxylation sites is 1. The fourth-order valence-corrected chi connectivity index (χ4v) is 3.09. The molecule has 2 rings (SSSR count). The molecular formula is C18H28N2O2. The summed E-state index contributed by atoms with van der Waals surface area (Å²) in [5, 5.41) is 3.30. The van der Waals surface area contributed by atoms with Crippen LogP contribution in [0.5, 0.6) is 0 Å². The standard InChI is InChI=1S/C18H28N2O2/c1-13(2)15-8-6-7-9-16(15)19-10-17(21)20-11-14(3)22-18(4,5)12-20/h6-9,13-14,19H,10-12H2,1-5H3. The molecule has 1 aromatic rings. The minimum atomic E-state index is -0.275. The smallest absolute Gasteiger partial charge is 0.242 e. The topological polar surface area (TPSA) is 41.6 Å². The van der Waals surface area contributed by atoms with Crippen LogP contribution in [0.2, 0.25) is 0 Å². The van der Waals surface area contributed by atoms with E-state index in [0.29, 0.717) is 25.6 Å². The third kappa shape index (κ3) is 4.23. The summed E-state index contributed by atoms with van der Waals surface area (Å²) in [6.07, 6.45) is 0.0793. The molecule has 4 heteroatoms. The number of ether oxygens (including phenoxy) is 1. The maximum atomic E-state index is 12.5. The molecule has 0 saturated carbocycles. The molecule has 0 radical (unpaired) electrons. The van der Waals surface area contributed by atoms with E-state index in [0.717, 1.165) is 5.69 Å². The molecule has 1 fully saturated rings. The lowest BCUT2D eigenvalue weighted by atomic mass is 10.0. The second-order valence-corrected chi connectivity index (χ2v) is 7.06. The molecule has 1 aromatic carbocycles. The number of amides is 1. The molecule has 122 valence electrons. The van der Waals surface area contributed by atoms with E-state index in [-0.39, 0.29) is 17.6 Å². The van der Waals surface area contributed by atoms with Gasteiger partial charge in [0.15, 0.2) is 0 Å². The highest BCUT2D eigenvalue weighted by molar-refractivity contribution is 5.81. The van der Waals surface area contributed by atoms with Gasteiger partial charge in [-0.2, -0.15) is 0 Å². The molecule has 0 bridgehead atoms. The van der Waals surface area contributed by atoms with Gasteiger partial charge in [0.2, 0.25) is 5.91 Å². The molecule has 1 aliphatic heterocycles. The van der Waals surface area contributed by atoms with Crippen molar-refractivity contribution in [1.82, 2.24) is 4.90 Å². The van der Waals surface area contributed by atoms with Crippen LogP contribution in [0.3, 0.4) is 0 Å². The molecule has 1 aliphatic rings. The average Bonchev–Trinajstić information content (AvgIpc) is 2.42. The highest BCUT2D eigenvalue weighted by Crippen LogP contribution is 2.24. The van der Waals surface area contributed by atoms with Crippen molar-refractivity contribution in [2.24, 2.45) is 0 Å². The molecule has 4 nitrogen and oxygen atoms in total. The Balaban J connectivity index is 1.98. The van der Waals surface area contributed by atoms with E-state index in [2.05, 4.69) is 25.2 Å². The molecule has 1 saturated heterocycles. The first-order chi connectivity index (χ1) is 10.3. The molecule has 0 aliphatic carbocycles. The number of benzene rings is 1. The summed E-state index contributed by atoms with van der Waals surface area (Å²) in [6.45, 7) is 12.0. The maximum absolute atomic E-state index is 12.5. The van der Waals surface area contributed by atoms with Gasteiger partial charge >= 0.3 is 0 Å². The van der Waals surface area contributed by atoms with E-state index >= 15 is 0 Å². The Morgan fingerprint density at radius 2 is 2.09 bits per heavy atom. The van der Waals surface area contributed by atoms with Crippen molar-refractivity contribution in [2.45, 2.75) is 52.2 Å². The van der Waals surface area contributed by atoms with Crippen LogP contribution in [-0.2, 0) is 9.53 Å². The number of nitrogens with zero attached hydrogens (tertiary/aromatic N) is 1. The number of carbonyl (C=O) groups excluding carboxylic acids is 1. The normalized spacial score (nSPS) is 21.0. The average molecular weight is 304 g/mol. The van der Waals surface area contributed by atoms with Crippen LogP contribution < -0.4 is 5.32 Å². The van der Waals surface area contributed by atoms with Gasteiger partial charge in [-0.1, -0.05) is 32.0 Å². The lowest BCUT2D eigenvalue weighted by Gasteiger charge is -2.41. The van der Waals surface area contributed by atoms with Gasteiger partial charge in [-0.05, 0) is 38.3 Å². The Kier molecular flexibility index (Phi) is 5.12. The first-order valence-corrected chi connectivity index (χ1v) is 8.07. The molecule has 1 unspecified atom stereocenters. The fourth-order valence-electron chi connectivity index (χ4n) is 3.09. The summed E-state index contributed by atoms with van der Waals surface area (Å²) in [7, 11) is 0. The van der Waals surface area contributed by atoms with E-state index < -0.39 is 0 Å². The fraction of sp³-hybridized carbons (Fsp3) is 0.611. The largest absolute Gasteiger partial charge is 0.376 e. The zero-order valence-electron chi connectivity index (χ0n) is 14.3. The molecule has 1 amide bonds. The molecule has 0 aromatic heterocycles. The first kappa shape index (κ1) is 16.8. The minimum absolute atomic E-state index is 0.0793. The van der Waals surface area contributed by atoms with Crippen LogP contribution in [-0.4, -0.2) is 42.1 Å². The summed E-state index contributed by atoms with van der Waals surface area (Å²) >= 11 is 0. The van der Waals surface area contributed by atoms with Crippen molar-refractivity contribution in [3.05, 3.63) is 29.8 Å². The Bertz CT molecular complexity index is 526. The number of anilines is 1. The third-order valence-electron chi connectivity index (χ3n) is 3.93. The lowest BCUT2D eigenvalue weighted by Crippen LogP contribution is -2.54. The van der Waals surface area contributed by atoms with E-state index in [1.807, 2.05) is 43.9 Å². The monoisotopic (exact) mass is 304 g/mol. The predicted molar refractivity (Wildman–Crippen MR) is 90.2 cm³/mol. The number of morpholine rings is 1. The van der Waals surface area contributed by atoms with Gasteiger partial charge < -0.3 is 15.0 Å². The second kappa shape index (κ2) is 6.69. The van der Waals surface area contributed by atoms with Crippen molar-refractivity contribution in [2.75, 3.05) is 25.0 Å². The zero-order valence-corrected chi connectivity index (χ0v) is 14.3. The molecule has 0 spiro atoms. The van der Waals surface area contributed by atoms with Gasteiger partial charge in [0.25, 0.3) is 0 Å². The van der Waals surface area contributed by atoms with Crippen LogP contribution in [0.25, 0.3) is 0 Å². The van der Waals surface area contributed by atoms with Crippen LogP contribution >= 0.6 is 0 Å². The number of carbonyl (C=O) groups is 1. The van der Waals surface area contributed by atoms with Gasteiger partial charge in [0.1, 0.15) is 0 Å². The van der Waals surface area contributed by atoms with Gasteiger partial charge in [0.05, 0.1) is 18.2 Å². The highest BCUT2D eigenvalue weighted by Gasteiger charge is 2.33. The van der Waals surface area contributed by atoms with Crippen molar-refractivity contribution in [1.29, 1.82) is 0 Å². The van der Waals surface area contributed by atoms with Crippen molar-refractivity contribution in [3.8, 4) is 0 Å². The third-order valence-corrected chi connectivity index (χ3v) is 3.93. The molecule has 1 atom stereocenters. The van der Waals surface area contributed by atoms with Gasteiger partial charge in [-0.3, -0.25) is 4.79 Å². The summed E-state index contributed by atoms with van der Waals surface area (Å²) in [5.74, 6) is 0.558. The molecule has 1 N–H and O–H groups in total. The first-order valence-electron chi connectivity index (χ1n) is 8.07. The molecular weight excluding hydrogens is 276 g/mol. The minimum Gasteiger partial charge on any atom is -0.376 e. The molecule has 1 heterocycles. The van der Waals surface area contributed by atoms with E-state index in [9.17, 15) is 4.79 Å². The molecule has 22 heavy (non-hydrogen) atoms. The summed E-state index contributed by atoms with van der Waals surface area (Å²) in [4.78, 5) is 14.4. The van der Waals surface area contributed by atoms with Crippen molar-refractivity contribution in [3.63, 3.8) is 0 Å². The SMILES string of the molecule is CC1CN(C(=O)CNc2ccccc2C(C)C)CC(C)(C)O1. The van der Waals surface area contributed by atoms with Crippen LogP contribution in [0.15, 0.2) is 24.3 Å². The lowest BCUT2D eigenvalue weighted by molar-refractivity contribution is -0.156. The van der Waals surface area contributed by atoms with Crippen LogP contribution in [0.1, 0.15) is 46.1 Å². The van der Waals surface area contributed by atoms with E-state index in [4.69, 9.17) is 4.74 Å². The van der Waals surface area contributed by atoms with Gasteiger partial charge in [-0.25, -0.2) is 0 Å². The predicted octanol–water partition coefficient (Wildman–Crippen LogP) is 3.25. The maximum Gasteiger partial charge on any atom is 0.242 e. The Labute approximate surface area is 133 Å². The van der Waals surface area contributed by atoms with Crippen molar-refractivity contribution < 1.29 is 9.53 Å². The number of rotatable bonds is 4. The Morgan fingerprint density at radius 1 is 1.41 bits per heavy atom. The van der Waals surface area contributed by atoms with Gasteiger partial charge in [0, 0.05) is 18.8 Å². The number of nitrogens with one attached hydrogen (secondary N) is 1. The summed E-state index contributed by atoms with van der Waals surface area (Å²) in [6, 6.07) is 8.18. The van der Waals surface area contributed by atoms with Gasteiger partial charge in [-0.15, -0.1) is 0 Å². The van der Waals surface area contributed by atoms with E-state index in [1.165, 1.54) is 5.56 Å². The zero-order chi connectivity index (χ0) is 16.3. The van der Waals surface area contributed by atoms with Crippen LogP contribution in [0, 0.1) is 0 Å².